The zero-order chi connectivity index (χ0) is 22.4. The van der Waals surface area contributed by atoms with E-state index in [0.29, 0.717) is 23.0 Å². The molecule has 2 aromatic heterocycles. The summed E-state index contributed by atoms with van der Waals surface area (Å²) < 4.78 is 12.6. The van der Waals surface area contributed by atoms with Crippen molar-refractivity contribution in [1.82, 2.24) is 25.1 Å². The molecule has 0 bridgehead atoms. The second kappa shape index (κ2) is 9.24. The van der Waals surface area contributed by atoms with E-state index in [1.165, 1.54) is 11.0 Å². The minimum atomic E-state index is -0.594. The molecule has 0 saturated heterocycles. The van der Waals surface area contributed by atoms with Gasteiger partial charge in [0.15, 0.2) is 0 Å². The third-order valence-electron chi connectivity index (χ3n) is 3.86. The Balaban J connectivity index is 1.70. The topological polar surface area (TPSA) is 120 Å². The van der Waals surface area contributed by atoms with Gasteiger partial charge in [-0.2, -0.15) is 5.10 Å². The largest absolute Gasteiger partial charge is 0.444 e. The maximum Gasteiger partial charge on any atom is 0.412 e. The van der Waals surface area contributed by atoms with E-state index in [2.05, 4.69) is 25.7 Å². The van der Waals surface area contributed by atoms with Crippen LogP contribution in [-0.4, -0.2) is 44.4 Å². The number of amides is 2. The Labute approximate surface area is 179 Å². The molecule has 162 valence electrons. The van der Waals surface area contributed by atoms with E-state index in [1.54, 1.807) is 70.5 Å². The fraction of sp³-hybridized carbons (Fsp3) is 0.286. The van der Waals surface area contributed by atoms with Crippen molar-refractivity contribution in [2.75, 3.05) is 12.4 Å². The van der Waals surface area contributed by atoms with Crippen molar-refractivity contribution in [1.29, 1.82) is 0 Å². The highest BCUT2D eigenvalue weighted by Gasteiger charge is 2.16. The molecule has 2 heterocycles. The summed E-state index contributed by atoms with van der Waals surface area (Å²) in [5.41, 5.74) is 1.24. The quantitative estimate of drug-likeness (QED) is 0.623. The van der Waals surface area contributed by atoms with Gasteiger partial charge in [-0.25, -0.2) is 14.8 Å². The van der Waals surface area contributed by atoms with Crippen LogP contribution < -0.4 is 15.4 Å². The molecular formula is C21H24N6O4. The van der Waals surface area contributed by atoms with Gasteiger partial charge >= 0.3 is 6.09 Å². The van der Waals surface area contributed by atoms with Gasteiger partial charge in [0.05, 0.1) is 11.9 Å². The summed E-state index contributed by atoms with van der Waals surface area (Å²) in [7, 11) is 1.57. The van der Waals surface area contributed by atoms with Gasteiger partial charge in [-0.1, -0.05) is 6.07 Å². The van der Waals surface area contributed by atoms with E-state index >= 15 is 0 Å². The van der Waals surface area contributed by atoms with Gasteiger partial charge in [-0.05, 0) is 32.9 Å². The number of nitrogens with one attached hydrogen (secondary N) is 2. The first kappa shape index (κ1) is 21.8. The number of benzene rings is 1. The van der Waals surface area contributed by atoms with Crippen LogP contribution in [0.15, 0.2) is 49.1 Å². The average molecular weight is 424 g/mol. The summed E-state index contributed by atoms with van der Waals surface area (Å²) in [5, 5.41) is 9.38. The van der Waals surface area contributed by atoms with Crippen molar-refractivity contribution in [2.24, 2.45) is 0 Å². The third-order valence-corrected chi connectivity index (χ3v) is 3.86. The highest BCUT2D eigenvalue weighted by Crippen LogP contribution is 2.25. The Morgan fingerprint density at radius 1 is 1.16 bits per heavy atom. The molecule has 0 aliphatic heterocycles. The number of carbonyl (C=O) groups is 2. The molecule has 1 aromatic carbocycles. The Hall–Kier alpha value is -3.95. The zero-order valence-corrected chi connectivity index (χ0v) is 17.7. The van der Waals surface area contributed by atoms with E-state index in [-0.39, 0.29) is 12.5 Å². The molecule has 0 spiro atoms. The van der Waals surface area contributed by atoms with Crippen LogP contribution in [-0.2, 0) is 16.1 Å². The Morgan fingerprint density at radius 3 is 2.71 bits per heavy atom. The molecule has 3 rings (SSSR count). The van der Waals surface area contributed by atoms with Gasteiger partial charge in [-0.3, -0.25) is 14.8 Å². The van der Waals surface area contributed by atoms with Crippen molar-refractivity contribution in [3.05, 3.63) is 49.1 Å². The van der Waals surface area contributed by atoms with Crippen LogP contribution in [0.5, 0.6) is 11.6 Å². The molecular weight excluding hydrogens is 400 g/mol. The zero-order valence-electron chi connectivity index (χ0n) is 17.7. The highest BCUT2D eigenvalue weighted by atomic mass is 16.6. The van der Waals surface area contributed by atoms with Gasteiger partial charge < -0.3 is 14.8 Å². The summed E-state index contributed by atoms with van der Waals surface area (Å²) in [6.07, 6.45) is 4.15. The first-order valence-corrected chi connectivity index (χ1v) is 9.55. The number of rotatable bonds is 6. The lowest BCUT2D eigenvalue weighted by Crippen LogP contribution is -2.27. The van der Waals surface area contributed by atoms with Gasteiger partial charge in [0.2, 0.25) is 11.8 Å². The molecule has 2 amide bonds. The molecule has 0 atom stereocenters. The minimum absolute atomic E-state index is 0.113. The number of ether oxygens (including phenoxy) is 2. The lowest BCUT2D eigenvalue weighted by Gasteiger charge is -2.19. The number of anilines is 1. The lowest BCUT2D eigenvalue weighted by atomic mass is 10.2. The van der Waals surface area contributed by atoms with Crippen molar-refractivity contribution in [3.63, 3.8) is 0 Å². The summed E-state index contributed by atoms with van der Waals surface area (Å²) in [6.45, 7) is 5.49. The molecule has 0 unspecified atom stereocenters. The molecule has 10 nitrogen and oxygen atoms in total. The standard InChI is InChI=1S/C21H24N6O4/c1-21(2,3)31-20(29)26-15-6-5-7-16(8-15)30-19-9-17(23-13-24-19)14-10-25-27(11-14)12-18(28)22-4/h5-11,13H,12H2,1-4H3,(H,22,28)(H,26,29). The van der Waals surface area contributed by atoms with E-state index in [0.717, 1.165) is 5.56 Å². The number of hydrogen-bond donors (Lipinski definition) is 2. The molecule has 10 heteroatoms. The molecule has 0 fully saturated rings. The third kappa shape index (κ3) is 6.53. The predicted molar refractivity (Wildman–Crippen MR) is 114 cm³/mol. The Kier molecular flexibility index (Phi) is 6.49. The molecule has 0 aliphatic carbocycles. The van der Waals surface area contributed by atoms with Crippen LogP contribution in [0, 0.1) is 0 Å². The van der Waals surface area contributed by atoms with Gasteiger partial charge in [0.25, 0.3) is 0 Å². The molecule has 0 saturated carbocycles. The number of aromatic nitrogens is 4. The average Bonchev–Trinajstić information content (AvgIpc) is 3.15. The Morgan fingerprint density at radius 2 is 1.97 bits per heavy atom. The summed E-state index contributed by atoms with van der Waals surface area (Å²) in [4.78, 5) is 31.8. The van der Waals surface area contributed by atoms with E-state index in [9.17, 15) is 9.59 Å². The van der Waals surface area contributed by atoms with Crippen molar-refractivity contribution in [3.8, 4) is 22.9 Å². The van der Waals surface area contributed by atoms with Gasteiger partial charge in [0.1, 0.15) is 24.2 Å². The number of carbonyl (C=O) groups excluding carboxylic acids is 2. The predicted octanol–water partition coefficient (Wildman–Crippen LogP) is 3.23. The minimum Gasteiger partial charge on any atom is -0.444 e. The molecule has 31 heavy (non-hydrogen) atoms. The first-order chi connectivity index (χ1) is 14.7. The SMILES string of the molecule is CNC(=O)Cn1cc(-c2cc(Oc3cccc(NC(=O)OC(C)(C)C)c3)ncn2)cn1. The second-order valence-corrected chi connectivity index (χ2v) is 7.60. The smallest absolute Gasteiger partial charge is 0.412 e. The normalized spacial score (nSPS) is 11.0. The summed E-state index contributed by atoms with van der Waals surface area (Å²) in [6, 6.07) is 8.53. The summed E-state index contributed by atoms with van der Waals surface area (Å²) >= 11 is 0. The number of nitrogens with zero attached hydrogens (tertiary/aromatic N) is 4. The van der Waals surface area contributed by atoms with Gasteiger partial charge in [0, 0.05) is 36.6 Å². The fourth-order valence-corrected chi connectivity index (χ4v) is 2.54. The Bertz CT molecular complexity index is 1070. The van der Waals surface area contributed by atoms with Crippen molar-refractivity contribution < 1.29 is 19.1 Å². The monoisotopic (exact) mass is 424 g/mol. The highest BCUT2D eigenvalue weighted by molar-refractivity contribution is 5.85. The molecule has 3 aromatic rings. The maximum atomic E-state index is 12.0. The fourth-order valence-electron chi connectivity index (χ4n) is 2.54. The van der Waals surface area contributed by atoms with Crippen molar-refractivity contribution in [2.45, 2.75) is 32.9 Å². The van der Waals surface area contributed by atoms with Crippen LogP contribution in [0.4, 0.5) is 10.5 Å². The lowest BCUT2D eigenvalue weighted by molar-refractivity contribution is -0.121. The van der Waals surface area contributed by atoms with Crippen LogP contribution in [0.3, 0.4) is 0 Å². The van der Waals surface area contributed by atoms with Gasteiger partial charge in [-0.15, -0.1) is 0 Å². The van der Waals surface area contributed by atoms with E-state index < -0.39 is 11.7 Å². The molecule has 2 N–H and O–H groups in total. The first-order valence-electron chi connectivity index (χ1n) is 9.55. The van der Waals surface area contributed by atoms with E-state index in [4.69, 9.17) is 9.47 Å². The summed E-state index contributed by atoms with van der Waals surface area (Å²) in [5.74, 6) is 0.647. The molecule has 0 aliphatic rings. The van der Waals surface area contributed by atoms with Crippen LogP contribution in [0.2, 0.25) is 0 Å². The van der Waals surface area contributed by atoms with Crippen molar-refractivity contribution >= 4 is 17.7 Å². The number of hydrogen-bond acceptors (Lipinski definition) is 7. The van der Waals surface area contributed by atoms with Crippen LogP contribution in [0.25, 0.3) is 11.3 Å². The van der Waals surface area contributed by atoms with E-state index in [1.807, 2.05) is 0 Å². The maximum absolute atomic E-state index is 12.0. The van der Waals surface area contributed by atoms with Crippen LogP contribution >= 0.6 is 0 Å². The second-order valence-electron chi connectivity index (χ2n) is 7.60. The molecule has 0 radical (unpaired) electrons. The van der Waals surface area contributed by atoms with Crippen LogP contribution in [0.1, 0.15) is 20.8 Å². The number of likely N-dealkylation sites (N-methyl/N-ethyl adjacent to an activating group) is 1.